The standard InChI is InChI=1S/C22H39NO2/c1-3-5-7-8-9-13-22(18-23)14-11-20(12-15-22)21-24-16-19(17-25-21)10-6-4-2/h19-21H,3-17H2,1-2H3/t19?,20-,21?,22+. The van der Waals surface area contributed by atoms with E-state index < -0.39 is 0 Å². The average molecular weight is 350 g/mol. The summed E-state index contributed by atoms with van der Waals surface area (Å²) >= 11 is 0. The molecule has 1 aliphatic heterocycles. The normalized spacial score (nSPS) is 33.1. The minimum atomic E-state index is -0.0684. The van der Waals surface area contributed by atoms with Crippen LogP contribution in [0.4, 0.5) is 0 Å². The first-order chi connectivity index (χ1) is 12.2. The molecule has 25 heavy (non-hydrogen) atoms. The van der Waals surface area contributed by atoms with Gasteiger partial charge in [-0.3, -0.25) is 0 Å². The Kier molecular flexibility index (Phi) is 9.28. The highest BCUT2D eigenvalue weighted by Gasteiger charge is 2.39. The van der Waals surface area contributed by atoms with Crippen LogP contribution in [0.15, 0.2) is 0 Å². The molecule has 1 aliphatic carbocycles. The van der Waals surface area contributed by atoms with Gasteiger partial charge in [-0.2, -0.15) is 5.26 Å². The van der Waals surface area contributed by atoms with Crippen molar-refractivity contribution in [2.45, 2.75) is 104 Å². The van der Waals surface area contributed by atoms with Crippen LogP contribution >= 0.6 is 0 Å². The van der Waals surface area contributed by atoms with Crippen LogP contribution in [0.2, 0.25) is 0 Å². The van der Waals surface area contributed by atoms with Crippen LogP contribution in [-0.4, -0.2) is 19.5 Å². The second-order valence-corrected chi connectivity index (χ2v) is 8.44. The zero-order valence-corrected chi connectivity index (χ0v) is 16.6. The summed E-state index contributed by atoms with van der Waals surface area (Å²) in [5, 5.41) is 9.75. The summed E-state index contributed by atoms with van der Waals surface area (Å²) in [4.78, 5) is 0. The van der Waals surface area contributed by atoms with Gasteiger partial charge in [-0.15, -0.1) is 0 Å². The third-order valence-electron chi connectivity index (χ3n) is 6.33. The fourth-order valence-electron chi connectivity index (χ4n) is 4.44. The lowest BCUT2D eigenvalue weighted by atomic mass is 9.68. The molecule has 0 aromatic carbocycles. The SMILES string of the molecule is CCCCCCC[C@]1(C#N)CC[C@@H](C2OCC(CCCC)CO2)CC1. The summed E-state index contributed by atoms with van der Waals surface area (Å²) in [6, 6.07) is 2.68. The molecule has 1 saturated carbocycles. The molecule has 2 rings (SSSR count). The Morgan fingerprint density at radius 1 is 0.920 bits per heavy atom. The highest BCUT2D eigenvalue weighted by molar-refractivity contribution is 5.01. The topological polar surface area (TPSA) is 42.2 Å². The van der Waals surface area contributed by atoms with E-state index in [1.165, 1.54) is 51.4 Å². The van der Waals surface area contributed by atoms with E-state index in [9.17, 15) is 5.26 Å². The second kappa shape index (κ2) is 11.2. The first-order valence-corrected chi connectivity index (χ1v) is 10.9. The molecule has 0 spiro atoms. The smallest absolute Gasteiger partial charge is 0.160 e. The molecule has 0 aromatic heterocycles. The Bertz CT molecular complexity index is 387. The third kappa shape index (κ3) is 6.57. The maximum absolute atomic E-state index is 9.75. The molecule has 2 aliphatic rings. The fourth-order valence-corrected chi connectivity index (χ4v) is 4.44. The van der Waals surface area contributed by atoms with E-state index >= 15 is 0 Å². The Balaban J connectivity index is 1.68. The first kappa shape index (κ1) is 20.7. The van der Waals surface area contributed by atoms with Gasteiger partial charge in [-0.05, 0) is 38.5 Å². The van der Waals surface area contributed by atoms with E-state index in [4.69, 9.17) is 9.47 Å². The number of rotatable bonds is 10. The number of unbranched alkanes of at least 4 members (excludes halogenated alkanes) is 5. The molecule has 0 amide bonds. The van der Waals surface area contributed by atoms with E-state index in [2.05, 4.69) is 19.9 Å². The van der Waals surface area contributed by atoms with Crippen molar-refractivity contribution in [1.29, 1.82) is 5.26 Å². The van der Waals surface area contributed by atoms with Crippen molar-refractivity contribution < 1.29 is 9.47 Å². The van der Waals surface area contributed by atoms with Gasteiger partial charge in [0.1, 0.15) is 0 Å². The molecule has 1 heterocycles. The van der Waals surface area contributed by atoms with Gasteiger partial charge in [-0.1, -0.05) is 58.8 Å². The minimum Gasteiger partial charge on any atom is -0.352 e. The van der Waals surface area contributed by atoms with Crippen LogP contribution in [0.1, 0.15) is 97.3 Å². The number of hydrogen-bond donors (Lipinski definition) is 0. The molecule has 3 heteroatoms. The Morgan fingerprint density at radius 3 is 2.16 bits per heavy atom. The summed E-state index contributed by atoms with van der Waals surface area (Å²) in [7, 11) is 0. The van der Waals surface area contributed by atoms with Gasteiger partial charge < -0.3 is 9.47 Å². The quantitative estimate of drug-likeness (QED) is 0.439. The van der Waals surface area contributed by atoms with Crippen LogP contribution in [0, 0.1) is 28.6 Å². The zero-order valence-electron chi connectivity index (χ0n) is 16.6. The molecular formula is C22H39NO2. The third-order valence-corrected chi connectivity index (χ3v) is 6.33. The van der Waals surface area contributed by atoms with Crippen LogP contribution < -0.4 is 0 Å². The maximum atomic E-state index is 9.75. The molecule has 0 radical (unpaired) electrons. The zero-order chi connectivity index (χ0) is 18.0. The van der Waals surface area contributed by atoms with E-state index in [-0.39, 0.29) is 11.7 Å². The van der Waals surface area contributed by atoms with Crippen molar-refractivity contribution in [2.75, 3.05) is 13.2 Å². The maximum Gasteiger partial charge on any atom is 0.160 e. The van der Waals surface area contributed by atoms with Crippen molar-refractivity contribution >= 4 is 0 Å². The molecule has 1 saturated heterocycles. The van der Waals surface area contributed by atoms with Gasteiger partial charge in [0.15, 0.2) is 6.29 Å². The predicted octanol–water partition coefficient (Wildman–Crippen LogP) is 6.23. The minimum absolute atomic E-state index is 0.0147. The van der Waals surface area contributed by atoms with Crippen LogP contribution in [0.25, 0.3) is 0 Å². The average Bonchev–Trinajstić information content (AvgIpc) is 2.67. The molecule has 144 valence electrons. The fraction of sp³-hybridized carbons (Fsp3) is 0.955. The molecular weight excluding hydrogens is 310 g/mol. The number of hydrogen-bond acceptors (Lipinski definition) is 3. The van der Waals surface area contributed by atoms with E-state index in [1.807, 2.05) is 0 Å². The second-order valence-electron chi connectivity index (χ2n) is 8.44. The summed E-state index contributed by atoms with van der Waals surface area (Å²) in [5.41, 5.74) is -0.0684. The molecule has 0 atom stereocenters. The van der Waals surface area contributed by atoms with Crippen LogP contribution in [0.5, 0.6) is 0 Å². The van der Waals surface area contributed by atoms with E-state index in [1.54, 1.807) is 0 Å². The molecule has 0 unspecified atom stereocenters. The lowest BCUT2D eigenvalue weighted by molar-refractivity contribution is -0.231. The summed E-state index contributed by atoms with van der Waals surface area (Å²) < 4.78 is 12.1. The van der Waals surface area contributed by atoms with Crippen molar-refractivity contribution in [2.24, 2.45) is 17.3 Å². The van der Waals surface area contributed by atoms with Gasteiger partial charge in [0.25, 0.3) is 0 Å². The van der Waals surface area contributed by atoms with Gasteiger partial charge in [0, 0.05) is 11.8 Å². The Morgan fingerprint density at radius 2 is 1.56 bits per heavy atom. The monoisotopic (exact) mass is 349 g/mol. The predicted molar refractivity (Wildman–Crippen MR) is 102 cm³/mol. The molecule has 0 bridgehead atoms. The van der Waals surface area contributed by atoms with Crippen LogP contribution in [0.3, 0.4) is 0 Å². The van der Waals surface area contributed by atoms with Crippen LogP contribution in [-0.2, 0) is 9.47 Å². The van der Waals surface area contributed by atoms with E-state index in [0.29, 0.717) is 11.8 Å². The number of ether oxygens (including phenoxy) is 2. The summed E-state index contributed by atoms with van der Waals surface area (Å²) in [6.45, 7) is 6.21. The molecule has 0 N–H and O–H groups in total. The Hall–Kier alpha value is -0.590. The molecule has 3 nitrogen and oxygen atoms in total. The lowest BCUT2D eigenvalue weighted by Gasteiger charge is -2.40. The Labute approximate surface area is 155 Å². The van der Waals surface area contributed by atoms with Crippen molar-refractivity contribution in [3.05, 3.63) is 0 Å². The summed E-state index contributed by atoms with van der Waals surface area (Å²) in [5.74, 6) is 1.08. The first-order valence-electron chi connectivity index (χ1n) is 10.9. The van der Waals surface area contributed by atoms with Gasteiger partial charge in [0.2, 0.25) is 0 Å². The van der Waals surface area contributed by atoms with E-state index in [0.717, 1.165) is 45.3 Å². The van der Waals surface area contributed by atoms with Gasteiger partial charge >= 0.3 is 0 Å². The lowest BCUT2D eigenvalue weighted by Crippen LogP contribution is -2.40. The number of nitriles is 1. The highest BCUT2D eigenvalue weighted by atomic mass is 16.7. The highest BCUT2D eigenvalue weighted by Crippen LogP contribution is 2.44. The summed E-state index contributed by atoms with van der Waals surface area (Å²) in [6.07, 6.45) is 15.5. The van der Waals surface area contributed by atoms with Crippen molar-refractivity contribution in [3.8, 4) is 6.07 Å². The van der Waals surface area contributed by atoms with Gasteiger partial charge in [-0.25, -0.2) is 0 Å². The van der Waals surface area contributed by atoms with Gasteiger partial charge in [0.05, 0.1) is 24.7 Å². The molecule has 0 aromatic rings. The van der Waals surface area contributed by atoms with Crippen molar-refractivity contribution in [3.63, 3.8) is 0 Å². The largest absolute Gasteiger partial charge is 0.352 e. The molecule has 2 fully saturated rings. The number of nitrogens with zero attached hydrogens (tertiary/aromatic N) is 1. The van der Waals surface area contributed by atoms with Crippen molar-refractivity contribution in [1.82, 2.24) is 0 Å².